The molecule has 84 valence electrons. The second-order valence-electron chi connectivity index (χ2n) is 3.05. The van der Waals surface area contributed by atoms with E-state index >= 15 is 0 Å². The van der Waals surface area contributed by atoms with Crippen molar-refractivity contribution in [3.05, 3.63) is 17.6 Å². The molecule has 0 aliphatic carbocycles. The van der Waals surface area contributed by atoms with Crippen LogP contribution in [0, 0.1) is 0 Å². The maximum atomic E-state index is 11.7. The van der Waals surface area contributed by atoms with Gasteiger partial charge in [-0.15, -0.1) is 5.10 Å². The van der Waals surface area contributed by atoms with Gasteiger partial charge in [0, 0.05) is 11.5 Å². The average molecular weight is 238 g/mol. The van der Waals surface area contributed by atoms with Gasteiger partial charge in [-0.25, -0.2) is 0 Å². The zero-order valence-electron chi connectivity index (χ0n) is 8.52. The molecule has 7 nitrogen and oxygen atoms in total. The number of nitrogens with one attached hydrogen (secondary N) is 2. The number of nitrogens with zero attached hydrogens (tertiary/aromatic N) is 3. The number of amides is 1. The fourth-order valence-corrected chi connectivity index (χ4v) is 1.64. The van der Waals surface area contributed by atoms with Gasteiger partial charge in [-0.3, -0.25) is 9.89 Å². The van der Waals surface area contributed by atoms with Crippen molar-refractivity contribution in [2.45, 2.75) is 13.3 Å². The Morgan fingerprint density at radius 1 is 1.69 bits per heavy atom. The number of carbonyl (C=O) groups is 1. The summed E-state index contributed by atoms with van der Waals surface area (Å²) in [5.74, 6) is -0.362. The van der Waals surface area contributed by atoms with Crippen LogP contribution in [-0.4, -0.2) is 25.7 Å². The molecule has 0 saturated heterocycles. The first-order valence-electron chi connectivity index (χ1n) is 4.63. The summed E-state index contributed by atoms with van der Waals surface area (Å²) in [4.78, 5) is 11.7. The zero-order valence-corrected chi connectivity index (χ0v) is 9.34. The monoisotopic (exact) mass is 238 g/mol. The molecule has 8 heteroatoms. The minimum Gasteiger partial charge on any atom is -0.395 e. The number of anilines is 2. The number of nitrogen functional groups attached to an aromatic ring is 1. The first-order chi connectivity index (χ1) is 7.72. The van der Waals surface area contributed by atoms with Crippen LogP contribution in [0.1, 0.15) is 23.1 Å². The highest BCUT2D eigenvalue weighted by Gasteiger charge is 2.16. The van der Waals surface area contributed by atoms with Gasteiger partial charge in [0.05, 0.1) is 17.6 Å². The van der Waals surface area contributed by atoms with Crippen molar-refractivity contribution < 1.29 is 4.79 Å². The summed E-state index contributed by atoms with van der Waals surface area (Å²) in [7, 11) is 0. The van der Waals surface area contributed by atoms with Crippen molar-refractivity contribution in [1.82, 2.24) is 19.8 Å². The summed E-state index contributed by atoms with van der Waals surface area (Å²) in [5.41, 5.74) is 7.10. The lowest BCUT2D eigenvalue weighted by atomic mass is 10.2. The standard InChI is InChI=1S/C8H10N6OS/c1-2-4-6(9)7(13-12-4)8(15)11-5-3-10-14-16-5/h3H,2,9H2,1H3,(H,11,15)(H,12,13). The van der Waals surface area contributed by atoms with E-state index in [1.165, 1.54) is 6.20 Å². The van der Waals surface area contributed by atoms with Gasteiger partial charge in [0.2, 0.25) is 0 Å². The Kier molecular flexibility index (Phi) is 2.82. The van der Waals surface area contributed by atoms with Gasteiger partial charge in [-0.1, -0.05) is 11.4 Å². The zero-order chi connectivity index (χ0) is 11.5. The molecule has 2 aromatic rings. The first kappa shape index (κ1) is 10.6. The Bertz CT molecular complexity index is 491. The summed E-state index contributed by atoms with van der Waals surface area (Å²) >= 11 is 1.09. The molecule has 16 heavy (non-hydrogen) atoms. The van der Waals surface area contributed by atoms with E-state index in [0.29, 0.717) is 17.1 Å². The molecule has 1 amide bonds. The lowest BCUT2D eigenvalue weighted by Crippen LogP contribution is -2.13. The first-order valence-corrected chi connectivity index (χ1v) is 5.41. The Hall–Kier alpha value is -1.96. The maximum absolute atomic E-state index is 11.7. The maximum Gasteiger partial charge on any atom is 0.279 e. The summed E-state index contributed by atoms with van der Waals surface area (Å²) in [6.07, 6.45) is 2.17. The fraction of sp³-hybridized carbons (Fsp3) is 0.250. The van der Waals surface area contributed by atoms with Crippen molar-refractivity contribution in [2.75, 3.05) is 11.1 Å². The van der Waals surface area contributed by atoms with E-state index in [2.05, 4.69) is 25.1 Å². The highest BCUT2D eigenvalue weighted by atomic mass is 32.1. The van der Waals surface area contributed by atoms with Gasteiger partial charge in [-0.05, 0) is 6.42 Å². The SMILES string of the molecule is CCc1[nH]nc(C(=O)Nc2cnns2)c1N. The van der Waals surface area contributed by atoms with Gasteiger partial charge < -0.3 is 11.1 Å². The molecule has 0 aliphatic heterocycles. The normalized spacial score (nSPS) is 10.3. The van der Waals surface area contributed by atoms with Crippen LogP contribution in [0.4, 0.5) is 10.7 Å². The van der Waals surface area contributed by atoms with Crippen molar-refractivity contribution >= 4 is 28.1 Å². The fourth-order valence-electron chi connectivity index (χ4n) is 1.22. The van der Waals surface area contributed by atoms with Crippen LogP contribution in [0.2, 0.25) is 0 Å². The second kappa shape index (κ2) is 4.27. The largest absolute Gasteiger partial charge is 0.395 e. The topological polar surface area (TPSA) is 110 Å². The summed E-state index contributed by atoms with van der Waals surface area (Å²) in [5, 5.41) is 13.4. The Labute approximate surface area is 95.2 Å². The van der Waals surface area contributed by atoms with E-state index in [0.717, 1.165) is 17.2 Å². The summed E-state index contributed by atoms with van der Waals surface area (Å²) in [6.45, 7) is 1.93. The summed E-state index contributed by atoms with van der Waals surface area (Å²) in [6, 6.07) is 0. The quantitative estimate of drug-likeness (QED) is 0.727. The third-order valence-electron chi connectivity index (χ3n) is 2.05. The predicted molar refractivity (Wildman–Crippen MR) is 60.2 cm³/mol. The minimum atomic E-state index is -0.362. The van der Waals surface area contributed by atoms with Gasteiger partial charge in [0.25, 0.3) is 5.91 Å². The molecule has 0 atom stereocenters. The molecule has 0 bridgehead atoms. The third-order valence-corrected chi connectivity index (χ3v) is 2.63. The molecule has 0 spiro atoms. The van der Waals surface area contributed by atoms with Crippen LogP contribution in [-0.2, 0) is 6.42 Å². The number of aryl methyl sites for hydroxylation is 1. The molecule has 0 aromatic carbocycles. The highest BCUT2D eigenvalue weighted by Crippen LogP contribution is 2.17. The molecule has 2 heterocycles. The molecule has 4 N–H and O–H groups in total. The van der Waals surface area contributed by atoms with E-state index < -0.39 is 0 Å². The van der Waals surface area contributed by atoms with Crippen LogP contribution < -0.4 is 11.1 Å². The Morgan fingerprint density at radius 2 is 2.50 bits per heavy atom. The van der Waals surface area contributed by atoms with Gasteiger partial charge in [-0.2, -0.15) is 5.10 Å². The van der Waals surface area contributed by atoms with Gasteiger partial charge in [0.15, 0.2) is 5.69 Å². The summed E-state index contributed by atoms with van der Waals surface area (Å²) < 4.78 is 3.63. The lowest BCUT2D eigenvalue weighted by molar-refractivity contribution is 0.102. The Morgan fingerprint density at radius 3 is 3.06 bits per heavy atom. The Balaban J connectivity index is 2.18. The van der Waals surface area contributed by atoms with Crippen molar-refractivity contribution in [1.29, 1.82) is 0 Å². The average Bonchev–Trinajstić information content (AvgIpc) is 2.87. The second-order valence-corrected chi connectivity index (χ2v) is 3.84. The van der Waals surface area contributed by atoms with Crippen LogP contribution in [0.25, 0.3) is 0 Å². The molecular formula is C8H10N6OS. The van der Waals surface area contributed by atoms with Crippen LogP contribution in [0.3, 0.4) is 0 Å². The minimum absolute atomic E-state index is 0.199. The van der Waals surface area contributed by atoms with Crippen molar-refractivity contribution in [3.63, 3.8) is 0 Å². The molecule has 2 aromatic heterocycles. The molecular weight excluding hydrogens is 228 g/mol. The smallest absolute Gasteiger partial charge is 0.279 e. The van der Waals surface area contributed by atoms with Gasteiger partial charge in [0.1, 0.15) is 5.00 Å². The third kappa shape index (κ3) is 1.87. The van der Waals surface area contributed by atoms with E-state index in [-0.39, 0.29) is 11.6 Å². The lowest BCUT2D eigenvalue weighted by Gasteiger charge is -1.98. The molecule has 2 rings (SSSR count). The number of carbonyl (C=O) groups excluding carboxylic acids is 1. The van der Waals surface area contributed by atoms with Crippen LogP contribution >= 0.6 is 11.5 Å². The number of hydrogen-bond acceptors (Lipinski definition) is 6. The van der Waals surface area contributed by atoms with Crippen LogP contribution in [0.15, 0.2) is 6.20 Å². The van der Waals surface area contributed by atoms with E-state index in [1.54, 1.807) is 0 Å². The molecule has 0 radical (unpaired) electrons. The van der Waals surface area contributed by atoms with E-state index in [4.69, 9.17) is 5.73 Å². The van der Waals surface area contributed by atoms with Crippen molar-refractivity contribution in [2.24, 2.45) is 0 Å². The highest BCUT2D eigenvalue weighted by molar-refractivity contribution is 7.10. The number of H-pyrrole nitrogens is 1. The van der Waals surface area contributed by atoms with Gasteiger partial charge >= 0.3 is 0 Å². The number of rotatable bonds is 3. The molecule has 0 saturated carbocycles. The molecule has 0 aliphatic rings. The number of hydrogen-bond donors (Lipinski definition) is 3. The van der Waals surface area contributed by atoms with E-state index in [1.807, 2.05) is 6.92 Å². The predicted octanol–water partition coefficient (Wildman–Crippen LogP) is 0.658. The number of aromatic amines is 1. The van der Waals surface area contributed by atoms with E-state index in [9.17, 15) is 4.79 Å². The molecule has 0 fully saturated rings. The number of aromatic nitrogens is 4. The number of nitrogens with two attached hydrogens (primary N) is 1. The van der Waals surface area contributed by atoms with Crippen LogP contribution in [0.5, 0.6) is 0 Å². The van der Waals surface area contributed by atoms with Crippen molar-refractivity contribution in [3.8, 4) is 0 Å². The molecule has 0 unspecified atom stereocenters.